The van der Waals surface area contributed by atoms with E-state index in [9.17, 15) is 4.79 Å². The van der Waals surface area contributed by atoms with Crippen molar-refractivity contribution in [2.75, 3.05) is 39.9 Å². The SMILES string of the molecule is CNC(C)CNC(=O)N1CCOCC1. The van der Waals surface area contributed by atoms with Crippen molar-refractivity contribution < 1.29 is 9.53 Å². The monoisotopic (exact) mass is 201 g/mol. The zero-order valence-electron chi connectivity index (χ0n) is 8.88. The first kappa shape index (κ1) is 11.3. The average molecular weight is 201 g/mol. The molecule has 2 amide bonds. The summed E-state index contributed by atoms with van der Waals surface area (Å²) in [6.45, 7) is 5.37. The van der Waals surface area contributed by atoms with E-state index in [0.717, 1.165) is 0 Å². The molecule has 1 atom stereocenters. The summed E-state index contributed by atoms with van der Waals surface area (Å²) < 4.78 is 5.16. The van der Waals surface area contributed by atoms with Gasteiger partial charge in [-0.2, -0.15) is 0 Å². The van der Waals surface area contributed by atoms with E-state index in [4.69, 9.17) is 4.74 Å². The van der Waals surface area contributed by atoms with Gasteiger partial charge in [0.15, 0.2) is 0 Å². The number of nitrogens with one attached hydrogen (secondary N) is 2. The first-order valence-corrected chi connectivity index (χ1v) is 5.02. The summed E-state index contributed by atoms with van der Waals surface area (Å²) in [4.78, 5) is 13.3. The van der Waals surface area contributed by atoms with Crippen molar-refractivity contribution in [3.63, 3.8) is 0 Å². The van der Waals surface area contributed by atoms with Gasteiger partial charge in [-0.05, 0) is 14.0 Å². The molecule has 82 valence electrons. The van der Waals surface area contributed by atoms with Crippen molar-refractivity contribution in [3.8, 4) is 0 Å². The van der Waals surface area contributed by atoms with Gasteiger partial charge in [-0.1, -0.05) is 0 Å². The van der Waals surface area contributed by atoms with Gasteiger partial charge in [0, 0.05) is 25.7 Å². The minimum absolute atomic E-state index is 0.00963. The van der Waals surface area contributed by atoms with Crippen LogP contribution >= 0.6 is 0 Å². The number of nitrogens with zero attached hydrogens (tertiary/aromatic N) is 1. The standard InChI is InChI=1S/C9H19N3O2/c1-8(10-2)7-11-9(13)12-3-5-14-6-4-12/h8,10H,3-7H2,1-2H3,(H,11,13). The summed E-state index contributed by atoms with van der Waals surface area (Å²) in [5.41, 5.74) is 0. The van der Waals surface area contributed by atoms with Crippen molar-refractivity contribution in [1.29, 1.82) is 0 Å². The number of likely N-dealkylation sites (N-methyl/N-ethyl adjacent to an activating group) is 1. The number of urea groups is 1. The minimum Gasteiger partial charge on any atom is -0.378 e. The number of ether oxygens (including phenoxy) is 1. The fraction of sp³-hybridized carbons (Fsp3) is 0.889. The number of amides is 2. The van der Waals surface area contributed by atoms with E-state index in [1.54, 1.807) is 4.90 Å². The van der Waals surface area contributed by atoms with Crippen LogP contribution in [0.5, 0.6) is 0 Å². The molecule has 1 heterocycles. The van der Waals surface area contributed by atoms with Crippen LogP contribution in [-0.4, -0.2) is 56.9 Å². The molecule has 0 aromatic heterocycles. The van der Waals surface area contributed by atoms with Gasteiger partial charge in [0.25, 0.3) is 0 Å². The Morgan fingerprint density at radius 2 is 2.14 bits per heavy atom. The van der Waals surface area contributed by atoms with E-state index in [2.05, 4.69) is 10.6 Å². The van der Waals surface area contributed by atoms with Crippen molar-refractivity contribution >= 4 is 6.03 Å². The van der Waals surface area contributed by atoms with Crippen LogP contribution < -0.4 is 10.6 Å². The largest absolute Gasteiger partial charge is 0.378 e. The highest BCUT2D eigenvalue weighted by atomic mass is 16.5. The van der Waals surface area contributed by atoms with Gasteiger partial charge in [-0.25, -0.2) is 4.79 Å². The number of rotatable bonds is 3. The van der Waals surface area contributed by atoms with E-state index >= 15 is 0 Å². The number of morpholine rings is 1. The number of carbonyl (C=O) groups excluding carboxylic acids is 1. The molecule has 2 N–H and O–H groups in total. The first-order valence-electron chi connectivity index (χ1n) is 5.02. The highest BCUT2D eigenvalue weighted by molar-refractivity contribution is 5.74. The Morgan fingerprint density at radius 3 is 2.71 bits per heavy atom. The Bertz CT molecular complexity index is 181. The summed E-state index contributed by atoms with van der Waals surface area (Å²) in [5.74, 6) is 0. The Hall–Kier alpha value is -0.810. The lowest BCUT2D eigenvalue weighted by molar-refractivity contribution is 0.0531. The maximum atomic E-state index is 11.5. The van der Waals surface area contributed by atoms with E-state index in [-0.39, 0.29) is 6.03 Å². The predicted octanol–water partition coefficient (Wildman–Crippen LogP) is -0.364. The topological polar surface area (TPSA) is 53.6 Å². The molecule has 0 aromatic rings. The lowest BCUT2D eigenvalue weighted by Gasteiger charge is -2.27. The van der Waals surface area contributed by atoms with E-state index in [1.165, 1.54) is 0 Å². The molecule has 14 heavy (non-hydrogen) atoms. The molecule has 1 unspecified atom stereocenters. The van der Waals surface area contributed by atoms with Crippen LogP contribution in [0, 0.1) is 0 Å². The molecule has 5 nitrogen and oxygen atoms in total. The van der Waals surface area contributed by atoms with Crippen molar-refractivity contribution in [1.82, 2.24) is 15.5 Å². The molecule has 1 rings (SSSR count). The third-order valence-corrected chi connectivity index (χ3v) is 2.35. The fourth-order valence-electron chi connectivity index (χ4n) is 1.22. The second kappa shape index (κ2) is 5.82. The van der Waals surface area contributed by atoms with Crippen LogP contribution in [0.3, 0.4) is 0 Å². The Balaban J connectivity index is 2.19. The lowest BCUT2D eigenvalue weighted by Crippen LogP contribution is -2.48. The van der Waals surface area contributed by atoms with Crippen LogP contribution in [0.1, 0.15) is 6.92 Å². The number of carbonyl (C=O) groups is 1. The zero-order valence-corrected chi connectivity index (χ0v) is 8.88. The highest BCUT2D eigenvalue weighted by Gasteiger charge is 2.16. The maximum absolute atomic E-state index is 11.5. The zero-order chi connectivity index (χ0) is 10.4. The molecule has 0 spiro atoms. The van der Waals surface area contributed by atoms with Crippen LogP contribution in [0.4, 0.5) is 4.79 Å². The number of hydrogen-bond donors (Lipinski definition) is 2. The van der Waals surface area contributed by atoms with Crippen LogP contribution in [0.2, 0.25) is 0 Å². The molecular weight excluding hydrogens is 182 g/mol. The molecule has 1 fully saturated rings. The fourth-order valence-corrected chi connectivity index (χ4v) is 1.22. The molecule has 1 aliphatic heterocycles. The summed E-state index contributed by atoms with van der Waals surface area (Å²) in [5, 5.41) is 5.94. The maximum Gasteiger partial charge on any atom is 0.317 e. The molecule has 0 radical (unpaired) electrons. The Morgan fingerprint density at radius 1 is 1.50 bits per heavy atom. The van der Waals surface area contributed by atoms with Gasteiger partial charge in [0.2, 0.25) is 0 Å². The van der Waals surface area contributed by atoms with Crippen molar-refractivity contribution in [2.45, 2.75) is 13.0 Å². The molecule has 0 aliphatic carbocycles. The van der Waals surface area contributed by atoms with Gasteiger partial charge in [0.05, 0.1) is 13.2 Å². The minimum atomic E-state index is 0.00963. The van der Waals surface area contributed by atoms with Gasteiger partial charge in [-0.15, -0.1) is 0 Å². The normalized spacial score (nSPS) is 19.1. The summed E-state index contributed by atoms with van der Waals surface area (Å²) in [6, 6.07) is 0.315. The summed E-state index contributed by atoms with van der Waals surface area (Å²) in [7, 11) is 1.88. The number of hydrogen-bond acceptors (Lipinski definition) is 3. The van der Waals surface area contributed by atoms with E-state index in [1.807, 2.05) is 14.0 Å². The Labute approximate surface area is 84.8 Å². The first-order chi connectivity index (χ1) is 6.74. The van der Waals surface area contributed by atoms with Crippen molar-refractivity contribution in [2.24, 2.45) is 0 Å². The van der Waals surface area contributed by atoms with Gasteiger partial charge >= 0.3 is 6.03 Å². The third kappa shape index (κ3) is 3.51. The quantitative estimate of drug-likeness (QED) is 0.655. The van der Waals surface area contributed by atoms with Gasteiger partial charge in [0.1, 0.15) is 0 Å². The average Bonchev–Trinajstić information content (AvgIpc) is 2.26. The molecule has 5 heteroatoms. The van der Waals surface area contributed by atoms with Gasteiger partial charge in [-0.3, -0.25) is 0 Å². The second-order valence-electron chi connectivity index (χ2n) is 3.48. The summed E-state index contributed by atoms with van der Waals surface area (Å²) in [6.07, 6.45) is 0. The molecule has 1 aliphatic rings. The van der Waals surface area contributed by atoms with Gasteiger partial charge < -0.3 is 20.3 Å². The molecule has 0 saturated carbocycles. The lowest BCUT2D eigenvalue weighted by atomic mass is 10.3. The highest BCUT2D eigenvalue weighted by Crippen LogP contribution is 1.96. The van der Waals surface area contributed by atoms with Crippen molar-refractivity contribution in [3.05, 3.63) is 0 Å². The third-order valence-electron chi connectivity index (χ3n) is 2.35. The van der Waals surface area contributed by atoms with Crippen LogP contribution in [0.25, 0.3) is 0 Å². The van der Waals surface area contributed by atoms with Crippen LogP contribution in [0.15, 0.2) is 0 Å². The molecule has 0 aromatic carbocycles. The second-order valence-corrected chi connectivity index (χ2v) is 3.48. The summed E-state index contributed by atoms with van der Waals surface area (Å²) >= 11 is 0. The smallest absolute Gasteiger partial charge is 0.317 e. The predicted molar refractivity (Wildman–Crippen MR) is 54.3 cm³/mol. The molecule has 1 saturated heterocycles. The molecular formula is C9H19N3O2. The van der Waals surface area contributed by atoms with E-state index in [0.29, 0.717) is 38.9 Å². The molecule has 0 bridgehead atoms. The van der Waals surface area contributed by atoms with E-state index < -0.39 is 0 Å². The Kier molecular flexibility index (Phi) is 4.69. The van der Waals surface area contributed by atoms with Crippen LogP contribution in [-0.2, 0) is 4.74 Å².